The van der Waals surface area contributed by atoms with Crippen LogP contribution >= 0.6 is 11.6 Å². The SMILES string of the molecule is O=C(Cl)CCCCCC=Cc1ccc(-c2ccccc2)cc1. The van der Waals surface area contributed by atoms with Crippen molar-refractivity contribution in [1.29, 1.82) is 0 Å². The Hall–Kier alpha value is -1.86. The van der Waals surface area contributed by atoms with E-state index < -0.39 is 0 Å². The van der Waals surface area contributed by atoms with Gasteiger partial charge in [0.15, 0.2) is 0 Å². The summed E-state index contributed by atoms with van der Waals surface area (Å²) in [6.45, 7) is 0. The fourth-order valence-electron chi connectivity index (χ4n) is 2.34. The zero-order valence-electron chi connectivity index (χ0n) is 12.7. The van der Waals surface area contributed by atoms with Gasteiger partial charge in [0.1, 0.15) is 0 Å². The first-order chi connectivity index (χ1) is 10.8. The van der Waals surface area contributed by atoms with Gasteiger partial charge in [-0.2, -0.15) is 0 Å². The molecule has 0 N–H and O–H groups in total. The minimum atomic E-state index is -0.228. The Morgan fingerprint density at radius 1 is 0.864 bits per heavy atom. The van der Waals surface area contributed by atoms with E-state index >= 15 is 0 Å². The second-order valence-corrected chi connectivity index (χ2v) is 5.77. The van der Waals surface area contributed by atoms with Gasteiger partial charge in [-0.3, -0.25) is 4.79 Å². The van der Waals surface area contributed by atoms with E-state index in [1.165, 1.54) is 16.7 Å². The van der Waals surface area contributed by atoms with Crippen LogP contribution in [0.3, 0.4) is 0 Å². The summed E-state index contributed by atoms with van der Waals surface area (Å²) in [5.41, 5.74) is 3.70. The first-order valence-electron chi connectivity index (χ1n) is 7.76. The smallest absolute Gasteiger partial charge is 0.221 e. The normalized spacial score (nSPS) is 11.0. The first-order valence-corrected chi connectivity index (χ1v) is 8.14. The van der Waals surface area contributed by atoms with Crippen molar-refractivity contribution in [2.45, 2.75) is 32.1 Å². The molecule has 0 aromatic heterocycles. The van der Waals surface area contributed by atoms with Crippen LogP contribution in [-0.2, 0) is 4.79 Å². The third-order valence-electron chi connectivity index (χ3n) is 3.57. The van der Waals surface area contributed by atoms with Gasteiger partial charge in [-0.1, -0.05) is 73.2 Å². The van der Waals surface area contributed by atoms with Gasteiger partial charge >= 0.3 is 0 Å². The molecule has 2 aromatic rings. The molecule has 0 unspecified atom stereocenters. The van der Waals surface area contributed by atoms with Crippen LogP contribution in [0.1, 0.15) is 37.7 Å². The maximum Gasteiger partial charge on any atom is 0.221 e. The van der Waals surface area contributed by atoms with E-state index in [-0.39, 0.29) is 5.24 Å². The van der Waals surface area contributed by atoms with Crippen molar-refractivity contribution < 1.29 is 4.79 Å². The second kappa shape index (κ2) is 9.22. The van der Waals surface area contributed by atoms with Crippen LogP contribution < -0.4 is 0 Å². The average molecular weight is 313 g/mol. The topological polar surface area (TPSA) is 17.1 Å². The van der Waals surface area contributed by atoms with Gasteiger partial charge in [0.25, 0.3) is 0 Å². The largest absolute Gasteiger partial charge is 0.281 e. The number of hydrogen-bond acceptors (Lipinski definition) is 1. The zero-order chi connectivity index (χ0) is 15.6. The van der Waals surface area contributed by atoms with Crippen LogP contribution in [0.5, 0.6) is 0 Å². The van der Waals surface area contributed by atoms with E-state index in [2.05, 4.69) is 60.7 Å². The molecule has 0 aliphatic carbocycles. The number of allylic oxidation sites excluding steroid dienone is 1. The van der Waals surface area contributed by atoms with E-state index in [0.29, 0.717) is 6.42 Å². The minimum absolute atomic E-state index is 0.228. The summed E-state index contributed by atoms with van der Waals surface area (Å²) in [6.07, 6.45) is 8.92. The molecule has 0 atom stereocenters. The molecule has 0 radical (unpaired) electrons. The Balaban J connectivity index is 1.77. The van der Waals surface area contributed by atoms with Crippen LogP contribution in [0.25, 0.3) is 17.2 Å². The van der Waals surface area contributed by atoms with E-state index in [4.69, 9.17) is 11.6 Å². The Morgan fingerprint density at radius 3 is 2.23 bits per heavy atom. The molecule has 1 nitrogen and oxygen atoms in total. The predicted molar refractivity (Wildman–Crippen MR) is 94.9 cm³/mol. The Kier molecular flexibility index (Phi) is 6.92. The van der Waals surface area contributed by atoms with Crippen LogP contribution in [0, 0.1) is 0 Å². The molecule has 0 fully saturated rings. The standard InChI is InChI=1S/C20H21ClO/c21-20(22)12-8-3-1-2-5-9-17-13-15-19(16-14-17)18-10-6-4-7-11-18/h4-7,9-11,13-16H,1-3,8,12H2. The van der Waals surface area contributed by atoms with Crippen molar-refractivity contribution in [2.24, 2.45) is 0 Å². The highest BCUT2D eigenvalue weighted by molar-refractivity contribution is 6.63. The Morgan fingerprint density at radius 2 is 1.55 bits per heavy atom. The maximum atomic E-state index is 10.6. The molecule has 0 spiro atoms. The van der Waals surface area contributed by atoms with Gasteiger partial charge in [0.05, 0.1) is 0 Å². The van der Waals surface area contributed by atoms with Crippen LogP contribution in [0.4, 0.5) is 0 Å². The number of unbranched alkanes of at least 4 members (excludes halogenated alkanes) is 3. The summed E-state index contributed by atoms with van der Waals surface area (Å²) in [6, 6.07) is 19.0. The average Bonchev–Trinajstić information content (AvgIpc) is 2.55. The third kappa shape index (κ3) is 5.87. The molecule has 0 aliphatic heterocycles. The summed E-state index contributed by atoms with van der Waals surface area (Å²) >= 11 is 5.30. The predicted octanol–water partition coefficient (Wildman–Crippen LogP) is 6.08. The van der Waals surface area contributed by atoms with Crippen molar-refractivity contribution in [2.75, 3.05) is 0 Å². The zero-order valence-corrected chi connectivity index (χ0v) is 13.4. The van der Waals surface area contributed by atoms with E-state index in [1.54, 1.807) is 0 Å². The van der Waals surface area contributed by atoms with Gasteiger partial charge in [-0.05, 0) is 47.6 Å². The molecule has 0 bridgehead atoms. The fraction of sp³-hybridized carbons (Fsp3) is 0.250. The van der Waals surface area contributed by atoms with Gasteiger partial charge in [-0.15, -0.1) is 0 Å². The number of hydrogen-bond donors (Lipinski definition) is 0. The van der Waals surface area contributed by atoms with Crippen molar-refractivity contribution in [1.82, 2.24) is 0 Å². The molecule has 0 aliphatic rings. The van der Waals surface area contributed by atoms with Crippen molar-refractivity contribution in [3.05, 3.63) is 66.2 Å². The second-order valence-electron chi connectivity index (χ2n) is 5.34. The number of benzene rings is 2. The molecule has 2 rings (SSSR count). The molecule has 0 saturated carbocycles. The van der Waals surface area contributed by atoms with Gasteiger partial charge in [0, 0.05) is 6.42 Å². The highest BCUT2D eigenvalue weighted by Crippen LogP contribution is 2.19. The van der Waals surface area contributed by atoms with E-state index in [9.17, 15) is 4.79 Å². The minimum Gasteiger partial charge on any atom is -0.281 e. The number of halogens is 1. The quantitative estimate of drug-likeness (QED) is 0.426. The van der Waals surface area contributed by atoms with Crippen molar-refractivity contribution in [3.63, 3.8) is 0 Å². The first kappa shape index (κ1) is 16.5. The van der Waals surface area contributed by atoms with E-state index in [0.717, 1.165) is 25.7 Å². The summed E-state index contributed by atoms with van der Waals surface area (Å²) in [5.74, 6) is 0. The molecule has 0 heterocycles. The summed E-state index contributed by atoms with van der Waals surface area (Å²) in [7, 11) is 0. The lowest BCUT2D eigenvalue weighted by atomic mass is 10.0. The maximum absolute atomic E-state index is 10.6. The lowest BCUT2D eigenvalue weighted by Gasteiger charge is -2.02. The molecular weight excluding hydrogens is 292 g/mol. The van der Waals surface area contributed by atoms with E-state index in [1.807, 2.05) is 6.07 Å². The van der Waals surface area contributed by atoms with Crippen LogP contribution in [-0.4, -0.2) is 5.24 Å². The lowest BCUT2D eigenvalue weighted by Crippen LogP contribution is -1.85. The molecule has 114 valence electrons. The molecule has 0 saturated heterocycles. The summed E-state index contributed by atoms with van der Waals surface area (Å²) in [4.78, 5) is 10.6. The lowest BCUT2D eigenvalue weighted by molar-refractivity contribution is -0.111. The summed E-state index contributed by atoms with van der Waals surface area (Å²) < 4.78 is 0. The van der Waals surface area contributed by atoms with Crippen molar-refractivity contribution in [3.8, 4) is 11.1 Å². The van der Waals surface area contributed by atoms with Crippen LogP contribution in [0.15, 0.2) is 60.7 Å². The van der Waals surface area contributed by atoms with Crippen LogP contribution in [0.2, 0.25) is 0 Å². The third-order valence-corrected chi connectivity index (χ3v) is 3.76. The number of rotatable bonds is 8. The molecule has 22 heavy (non-hydrogen) atoms. The van der Waals surface area contributed by atoms with Gasteiger partial charge in [-0.25, -0.2) is 0 Å². The fourth-order valence-corrected chi connectivity index (χ4v) is 2.47. The molecule has 0 amide bonds. The monoisotopic (exact) mass is 312 g/mol. The number of carbonyl (C=O) groups is 1. The molecular formula is C20H21ClO. The molecule has 2 heteroatoms. The van der Waals surface area contributed by atoms with Gasteiger partial charge < -0.3 is 0 Å². The van der Waals surface area contributed by atoms with Gasteiger partial charge in [0.2, 0.25) is 5.24 Å². The van der Waals surface area contributed by atoms with Crippen molar-refractivity contribution >= 4 is 22.9 Å². The summed E-state index contributed by atoms with van der Waals surface area (Å²) in [5, 5.41) is -0.228. The Bertz CT molecular complexity index is 599. The highest BCUT2D eigenvalue weighted by Gasteiger charge is 1.96. The highest BCUT2D eigenvalue weighted by atomic mass is 35.5. The molecule has 2 aromatic carbocycles. The Labute approximate surface area is 137 Å². The number of carbonyl (C=O) groups excluding carboxylic acids is 1.